The van der Waals surface area contributed by atoms with E-state index in [0.29, 0.717) is 0 Å². The van der Waals surface area contributed by atoms with Gasteiger partial charge in [0.1, 0.15) is 0 Å². The Morgan fingerprint density at radius 2 is 1.80 bits per heavy atom. The van der Waals surface area contributed by atoms with E-state index in [2.05, 4.69) is 10.6 Å². The zero-order chi connectivity index (χ0) is 14.4. The molecule has 2 rings (SSSR count). The number of nitrogens with one attached hydrogen (secondary N) is 2. The molecule has 20 heavy (non-hydrogen) atoms. The summed E-state index contributed by atoms with van der Waals surface area (Å²) in [5.74, 6) is 0.809. The van der Waals surface area contributed by atoms with Crippen LogP contribution in [0.4, 0.5) is 10.5 Å². The Morgan fingerprint density at radius 1 is 1.15 bits per heavy atom. The summed E-state index contributed by atoms with van der Waals surface area (Å²) in [4.78, 5) is 11.9. The van der Waals surface area contributed by atoms with Gasteiger partial charge in [-0.2, -0.15) is 0 Å². The summed E-state index contributed by atoms with van der Waals surface area (Å²) in [5.41, 5.74) is 3.14. The molecule has 2 N–H and O–H groups in total. The van der Waals surface area contributed by atoms with Crippen LogP contribution in [0.2, 0.25) is 0 Å². The Balaban J connectivity index is 1.75. The normalized spacial score (nSPS) is 15.9. The Bertz CT molecular complexity index is 430. The largest absolute Gasteiger partial charge is 0.338 e. The fourth-order valence-corrected chi connectivity index (χ4v) is 3.03. The number of aryl methyl sites for hydroxylation is 2. The van der Waals surface area contributed by atoms with Gasteiger partial charge in [0.2, 0.25) is 0 Å². The molecule has 1 aliphatic carbocycles. The van der Waals surface area contributed by atoms with Crippen molar-refractivity contribution < 1.29 is 4.79 Å². The van der Waals surface area contributed by atoms with E-state index < -0.39 is 0 Å². The van der Waals surface area contributed by atoms with Crippen molar-refractivity contribution in [2.24, 2.45) is 5.92 Å². The van der Waals surface area contributed by atoms with Crippen molar-refractivity contribution >= 4 is 11.7 Å². The van der Waals surface area contributed by atoms with E-state index in [4.69, 9.17) is 0 Å². The molecule has 0 aliphatic heterocycles. The number of carbonyl (C=O) groups excluding carboxylic acids is 1. The molecule has 0 spiro atoms. The van der Waals surface area contributed by atoms with Crippen LogP contribution in [-0.2, 0) is 0 Å². The van der Waals surface area contributed by atoms with Crippen LogP contribution in [0.25, 0.3) is 0 Å². The summed E-state index contributed by atoms with van der Waals surface area (Å²) in [6, 6.07) is 5.96. The van der Waals surface area contributed by atoms with Crippen molar-refractivity contribution in [2.75, 3.05) is 11.9 Å². The molecule has 1 aromatic carbocycles. The second-order valence-electron chi connectivity index (χ2n) is 5.94. The first-order valence-corrected chi connectivity index (χ1v) is 7.78. The lowest BCUT2D eigenvalue weighted by Crippen LogP contribution is -2.31. The van der Waals surface area contributed by atoms with Gasteiger partial charge in [0.15, 0.2) is 0 Å². The van der Waals surface area contributed by atoms with Crippen LogP contribution in [0.1, 0.15) is 49.7 Å². The van der Waals surface area contributed by atoms with Gasteiger partial charge in [0.05, 0.1) is 0 Å². The van der Waals surface area contributed by atoms with E-state index in [9.17, 15) is 4.79 Å². The molecule has 0 aromatic heterocycles. The van der Waals surface area contributed by atoms with E-state index in [0.717, 1.165) is 35.7 Å². The number of urea groups is 1. The number of hydrogen-bond donors (Lipinski definition) is 2. The zero-order valence-corrected chi connectivity index (χ0v) is 12.7. The highest BCUT2D eigenvalue weighted by Crippen LogP contribution is 2.25. The summed E-state index contributed by atoms with van der Waals surface area (Å²) in [6.45, 7) is 4.82. The molecule has 1 aliphatic rings. The van der Waals surface area contributed by atoms with Crippen molar-refractivity contribution in [2.45, 2.75) is 52.4 Å². The molecule has 0 atom stereocenters. The van der Waals surface area contributed by atoms with Gasteiger partial charge in [-0.1, -0.05) is 50.3 Å². The third kappa shape index (κ3) is 4.26. The van der Waals surface area contributed by atoms with E-state index >= 15 is 0 Å². The molecular weight excluding hydrogens is 248 g/mol. The predicted molar refractivity (Wildman–Crippen MR) is 84.1 cm³/mol. The van der Waals surface area contributed by atoms with Crippen LogP contribution in [0.15, 0.2) is 18.2 Å². The molecule has 0 saturated heterocycles. The fourth-order valence-electron chi connectivity index (χ4n) is 3.03. The van der Waals surface area contributed by atoms with Crippen molar-refractivity contribution in [3.8, 4) is 0 Å². The van der Waals surface area contributed by atoms with E-state index in [1.165, 1.54) is 32.1 Å². The molecule has 1 saturated carbocycles. The minimum absolute atomic E-state index is 0.0850. The molecule has 0 radical (unpaired) electrons. The van der Waals surface area contributed by atoms with Gasteiger partial charge >= 0.3 is 6.03 Å². The van der Waals surface area contributed by atoms with Gasteiger partial charge < -0.3 is 10.6 Å². The van der Waals surface area contributed by atoms with Crippen LogP contribution in [0, 0.1) is 19.8 Å². The number of para-hydroxylation sites is 1. The molecule has 1 aromatic rings. The lowest BCUT2D eigenvalue weighted by Gasteiger charge is -2.21. The monoisotopic (exact) mass is 274 g/mol. The first-order chi connectivity index (χ1) is 9.66. The summed E-state index contributed by atoms with van der Waals surface area (Å²) < 4.78 is 0. The molecule has 3 nitrogen and oxygen atoms in total. The Labute approximate surface area is 122 Å². The maximum Gasteiger partial charge on any atom is 0.319 e. The van der Waals surface area contributed by atoms with Crippen molar-refractivity contribution in [1.82, 2.24) is 5.32 Å². The van der Waals surface area contributed by atoms with Gasteiger partial charge in [0.25, 0.3) is 0 Å². The van der Waals surface area contributed by atoms with Crippen LogP contribution in [0.5, 0.6) is 0 Å². The highest BCUT2D eigenvalue weighted by molar-refractivity contribution is 5.90. The number of amides is 2. The standard InChI is InChI=1S/C17H26N2O/c1-13-7-6-8-14(2)16(13)19-17(20)18-12-11-15-9-4-3-5-10-15/h6-8,15H,3-5,9-12H2,1-2H3,(H2,18,19,20). The Hall–Kier alpha value is -1.51. The van der Waals surface area contributed by atoms with Crippen LogP contribution in [0.3, 0.4) is 0 Å². The smallest absolute Gasteiger partial charge is 0.319 e. The van der Waals surface area contributed by atoms with Gasteiger partial charge in [-0.3, -0.25) is 0 Å². The Kier molecular flexibility index (Phi) is 5.45. The first kappa shape index (κ1) is 14.9. The fraction of sp³-hybridized carbons (Fsp3) is 0.588. The topological polar surface area (TPSA) is 41.1 Å². The minimum Gasteiger partial charge on any atom is -0.338 e. The van der Waals surface area contributed by atoms with Gasteiger partial charge in [0, 0.05) is 12.2 Å². The van der Waals surface area contributed by atoms with E-state index in [1.54, 1.807) is 0 Å². The number of carbonyl (C=O) groups is 1. The second-order valence-corrected chi connectivity index (χ2v) is 5.94. The zero-order valence-electron chi connectivity index (χ0n) is 12.7. The van der Waals surface area contributed by atoms with Gasteiger partial charge in [-0.15, -0.1) is 0 Å². The molecule has 0 unspecified atom stereocenters. The van der Waals surface area contributed by atoms with E-state index in [1.807, 2.05) is 32.0 Å². The highest BCUT2D eigenvalue weighted by Gasteiger charge is 2.13. The van der Waals surface area contributed by atoms with Crippen LogP contribution >= 0.6 is 0 Å². The molecule has 2 amide bonds. The summed E-state index contributed by atoms with van der Waals surface area (Å²) in [5, 5.41) is 5.95. The molecular formula is C17H26N2O. The lowest BCUT2D eigenvalue weighted by atomic mass is 9.87. The average molecular weight is 274 g/mol. The van der Waals surface area contributed by atoms with Crippen LogP contribution < -0.4 is 10.6 Å². The van der Waals surface area contributed by atoms with Crippen molar-refractivity contribution in [3.05, 3.63) is 29.3 Å². The number of anilines is 1. The van der Waals surface area contributed by atoms with Crippen LogP contribution in [-0.4, -0.2) is 12.6 Å². The quantitative estimate of drug-likeness (QED) is 0.839. The SMILES string of the molecule is Cc1cccc(C)c1NC(=O)NCCC1CCCCC1. The lowest BCUT2D eigenvalue weighted by molar-refractivity contribution is 0.250. The second kappa shape index (κ2) is 7.32. The molecule has 110 valence electrons. The third-order valence-corrected chi connectivity index (χ3v) is 4.28. The maximum absolute atomic E-state index is 11.9. The predicted octanol–water partition coefficient (Wildman–Crippen LogP) is 4.40. The molecule has 1 fully saturated rings. The molecule has 3 heteroatoms. The van der Waals surface area contributed by atoms with Gasteiger partial charge in [-0.05, 0) is 37.3 Å². The summed E-state index contributed by atoms with van der Waals surface area (Å²) in [7, 11) is 0. The number of rotatable bonds is 4. The highest BCUT2D eigenvalue weighted by atomic mass is 16.2. The Morgan fingerprint density at radius 3 is 2.45 bits per heavy atom. The molecule has 0 bridgehead atoms. The number of benzene rings is 1. The first-order valence-electron chi connectivity index (χ1n) is 7.78. The van der Waals surface area contributed by atoms with Gasteiger partial charge in [-0.25, -0.2) is 4.79 Å². The van der Waals surface area contributed by atoms with Crippen molar-refractivity contribution in [3.63, 3.8) is 0 Å². The summed E-state index contributed by atoms with van der Waals surface area (Å²) in [6.07, 6.45) is 7.89. The minimum atomic E-state index is -0.0850. The average Bonchev–Trinajstić information content (AvgIpc) is 2.44. The van der Waals surface area contributed by atoms with Crippen molar-refractivity contribution in [1.29, 1.82) is 0 Å². The van der Waals surface area contributed by atoms with E-state index in [-0.39, 0.29) is 6.03 Å². The third-order valence-electron chi connectivity index (χ3n) is 4.28. The maximum atomic E-state index is 11.9. The summed E-state index contributed by atoms with van der Waals surface area (Å²) >= 11 is 0. The molecule has 0 heterocycles. The number of hydrogen-bond acceptors (Lipinski definition) is 1.